The number of unbranched alkanes of at least 4 members (excludes halogenated alkanes) is 2. The number of ketones is 1. The van der Waals surface area contributed by atoms with Crippen LogP contribution in [-0.2, 0) is 4.79 Å². The minimum atomic E-state index is -0.0985. The molecule has 1 saturated heterocycles. The standard InChI is InChI=1S/C29H37ClN2O5/c1-3-5-17-36-26-19-22(20-27(29(26)35)37-18-6-4-2)7-12-28(34)32-15-13-31(14-16-32)21-25(33)23-8-10-24(30)11-9-23/h7-12,19-20,35H,3-6,13-18,21H2,1-2H3. The van der Waals surface area contributed by atoms with Crippen LogP contribution in [-0.4, -0.2) is 72.5 Å². The topological polar surface area (TPSA) is 79.3 Å². The van der Waals surface area contributed by atoms with Crippen LogP contribution in [0.25, 0.3) is 6.08 Å². The second kappa shape index (κ2) is 14.6. The van der Waals surface area contributed by atoms with Crippen LogP contribution in [0.3, 0.4) is 0 Å². The minimum absolute atomic E-state index is 0.0139. The van der Waals surface area contributed by atoms with Crippen LogP contribution in [0.4, 0.5) is 0 Å². The lowest BCUT2D eigenvalue weighted by Gasteiger charge is -2.33. The maximum atomic E-state index is 12.8. The van der Waals surface area contributed by atoms with Crippen LogP contribution in [0, 0.1) is 0 Å². The first-order valence-electron chi connectivity index (χ1n) is 13.0. The fraction of sp³-hybridized carbons (Fsp3) is 0.448. The molecule has 37 heavy (non-hydrogen) atoms. The van der Waals surface area contributed by atoms with Crippen molar-refractivity contribution in [1.82, 2.24) is 9.80 Å². The monoisotopic (exact) mass is 528 g/mol. The zero-order chi connectivity index (χ0) is 26.6. The number of halogens is 1. The van der Waals surface area contributed by atoms with Gasteiger partial charge in [-0.3, -0.25) is 14.5 Å². The molecule has 0 spiro atoms. The molecule has 1 aliphatic rings. The van der Waals surface area contributed by atoms with Gasteiger partial charge < -0.3 is 19.5 Å². The number of nitrogens with zero attached hydrogens (tertiary/aromatic N) is 2. The lowest BCUT2D eigenvalue weighted by atomic mass is 10.1. The third-order valence-electron chi connectivity index (χ3n) is 6.21. The predicted octanol–water partition coefficient (Wildman–Crippen LogP) is 5.44. The van der Waals surface area contributed by atoms with E-state index in [1.807, 2.05) is 0 Å². The second-order valence-electron chi connectivity index (χ2n) is 9.13. The van der Waals surface area contributed by atoms with Gasteiger partial charge in [-0.25, -0.2) is 0 Å². The summed E-state index contributed by atoms with van der Waals surface area (Å²) in [5, 5.41) is 11.2. The van der Waals surface area contributed by atoms with Gasteiger partial charge in [-0.1, -0.05) is 38.3 Å². The molecular weight excluding hydrogens is 492 g/mol. The highest BCUT2D eigenvalue weighted by Crippen LogP contribution is 2.38. The molecule has 2 aromatic carbocycles. The number of ether oxygens (including phenoxy) is 2. The summed E-state index contributed by atoms with van der Waals surface area (Å²) in [7, 11) is 0. The second-order valence-corrected chi connectivity index (χ2v) is 9.57. The molecule has 200 valence electrons. The number of hydrogen-bond acceptors (Lipinski definition) is 6. The van der Waals surface area contributed by atoms with E-state index in [0.29, 0.717) is 68.0 Å². The van der Waals surface area contributed by atoms with Gasteiger partial charge in [-0.15, -0.1) is 0 Å². The number of benzene rings is 2. The Morgan fingerprint density at radius 1 is 0.946 bits per heavy atom. The van der Waals surface area contributed by atoms with Crippen LogP contribution in [0.15, 0.2) is 42.5 Å². The van der Waals surface area contributed by atoms with E-state index in [1.165, 1.54) is 6.08 Å². The molecule has 0 unspecified atom stereocenters. The van der Waals surface area contributed by atoms with Crippen molar-refractivity contribution in [1.29, 1.82) is 0 Å². The molecular formula is C29H37ClN2O5. The van der Waals surface area contributed by atoms with E-state index < -0.39 is 0 Å². The minimum Gasteiger partial charge on any atom is -0.502 e. The van der Waals surface area contributed by atoms with Crippen LogP contribution in [0.5, 0.6) is 17.2 Å². The van der Waals surface area contributed by atoms with Gasteiger partial charge in [0.25, 0.3) is 0 Å². The SMILES string of the molecule is CCCCOc1cc(C=CC(=O)N2CCN(CC(=O)c3ccc(Cl)cc3)CC2)cc(OCCCC)c1O. The van der Waals surface area contributed by atoms with Crippen molar-refractivity contribution >= 4 is 29.4 Å². The number of carbonyl (C=O) groups excluding carboxylic acids is 2. The Labute approximate surface area is 224 Å². The smallest absolute Gasteiger partial charge is 0.246 e. The number of carbonyl (C=O) groups is 2. The van der Waals surface area contributed by atoms with Gasteiger partial charge in [-0.05, 0) is 60.9 Å². The summed E-state index contributed by atoms with van der Waals surface area (Å²) in [5.74, 6) is 0.637. The summed E-state index contributed by atoms with van der Waals surface area (Å²) >= 11 is 5.90. The van der Waals surface area contributed by atoms with E-state index in [9.17, 15) is 14.7 Å². The Morgan fingerprint density at radius 3 is 2.05 bits per heavy atom. The van der Waals surface area contributed by atoms with Crippen molar-refractivity contribution in [2.75, 3.05) is 45.9 Å². The van der Waals surface area contributed by atoms with Crippen LogP contribution >= 0.6 is 11.6 Å². The average Bonchev–Trinajstić information content (AvgIpc) is 2.90. The van der Waals surface area contributed by atoms with Crippen LogP contribution < -0.4 is 9.47 Å². The molecule has 1 heterocycles. The van der Waals surface area contributed by atoms with E-state index in [-0.39, 0.29) is 17.4 Å². The quantitative estimate of drug-likeness (QED) is 0.212. The third kappa shape index (κ3) is 8.79. The Balaban J connectivity index is 1.58. The Hall–Kier alpha value is -3.03. The fourth-order valence-electron chi connectivity index (χ4n) is 3.90. The Bertz CT molecular complexity index is 1030. The molecule has 3 rings (SSSR count). The molecule has 2 aromatic rings. The lowest BCUT2D eigenvalue weighted by molar-refractivity contribution is -0.127. The molecule has 8 heteroatoms. The number of piperazine rings is 1. The molecule has 0 radical (unpaired) electrons. The molecule has 7 nitrogen and oxygen atoms in total. The van der Waals surface area contributed by atoms with Crippen LogP contribution in [0.2, 0.25) is 5.02 Å². The van der Waals surface area contributed by atoms with Gasteiger partial charge in [0.2, 0.25) is 11.7 Å². The number of phenolic OH excluding ortho intramolecular Hbond substituents is 1. The van der Waals surface area contributed by atoms with Crippen molar-refractivity contribution in [2.45, 2.75) is 39.5 Å². The summed E-state index contributed by atoms with van der Waals surface area (Å²) in [4.78, 5) is 29.2. The maximum Gasteiger partial charge on any atom is 0.246 e. The van der Waals surface area contributed by atoms with E-state index >= 15 is 0 Å². The molecule has 1 aliphatic heterocycles. The number of hydrogen-bond donors (Lipinski definition) is 1. The molecule has 0 aromatic heterocycles. The average molecular weight is 529 g/mol. The molecule has 1 amide bonds. The largest absolute Gasteiger partial charge is 0.502 e. The van der Waals surface area contributed by atoms with Crippen molar-refractivity contribution in [2.24, 2.45) is 0 Å². The Morgan fingerprint density at radius 2 is 1.51 bits per heavy atom. The highest BCUT2D eigenvalue weighted by Gasteiger charge is 2.22. The van der Waals surface area contributed by atoms with Crippen LogP contribution in [0.1, 0.15) is 55.5 Å². The number of Topliss-reactive ketones (excluding diaryl/α,β-unsaturated/α-hetero) is 1. The zero-order valence-corrected chi connectivity index (χ0v) is 22.5. The van der Waals surface area contributed by atoms with Crippen molar-refractivity contribution < 1.29 is 24.2 Å². The van der Waals surface area contributed by atoms with Crippen molar-refractivity contribution in [3.05, 3.63) is 58.6 Å². The molecule has 1 N–H and O–H groups in total. The maximum absolute atomic E-state index is 12.8. The van der Waals surface area contributed by atoms with Crippen molar-refractivity contribution in [3.63, 3.8) is 0 Å². The van der Waals surface area contributed by atoms with Gasteiger partial charge in [0.15, 0.2) is 17.3 Å². The summed E-state index contributed by atoms with van der Waals surface area (Å²) in [5.41, 5.74) is 1.35. The first-order chi connectivity index (χ1) is 17.9. The van der Waals surface area contributed by atoms with E-state index in [1.54, 1.807) is 47.4 Å². The molecule has 0 bridgehead atoms. The Kier molecular flexibility index (Phi) is 11.3. The predicted molar refractivity (Wildman–Crippen MR) is 147 cm³/mol. The first-order valence-corrected chi connectivity index (χ1v) is 13.4. The third-order valence-corrected chi connectivity index (χ3v) is 6.46. The molecule has 0 aliphatic carbocycles. The summed E-state index contributed by atoms with van der Waals surface area (Å²) in [6.07, 6.45) is 6.97. The summed E-state index contributed by atoms with van der Waals surface area (Å²) in [6, 6.07) is 10.3. The van der Waals surface area contributed by atoms with E-state index in [0.717, 1.165) is 31.2 Å². The van der Waals surface area contributed by atoms with Gasteiger partial charge in [0, 0.05) is 42.8 Å². The van der Waals surface area contributed by atoms with Crippen molar-refractivity contribution in [3.8, 4) is 17.2 Å². The number of amides is 1. The number of phenols is 1. The van der Waals surface area contributed by atoms with E-state index in [2.05, 4.69) is 18.7 Å². The van der Waals surface area contributed by atoms with Gasteiger partial charge in [0.1, 0.15) is 0 Å². The number of aromatic hydroxyl groups is 1. The normalized spacial score (nSPS) is 14.2. The first kappa shape index (κ1) is 28.5. The highest BCUT2D eigenvalue weighted by molar-refractivity contribution is 6.30. The van der Waals surface area contributed by atoms with E-state index in [4.69, 9.17) is 21.1 Å². The zero-order valence-electron chi connectivity index (χ0n) is 21.7. The molecule has 0 atom stereocenters. The summed E-state index contributed by atoms with van der Waals surface area (Å²) < 4.78 is 11.5. The summed E-state index contributed by atoms with van der Waals surface area (Å²) in [6.45, 7) is 7.80. The van der Waals surface area contributed by atoms with Gasteiger partial charge in [0.05, 0.1) is 19.8 Å². The molecule has 0 saturated carbocycles. The highest BCUT2D eigenvalue weighted by atomic mass is 35.5. The van der Waals surface area contributed by atoms with Gasteiger partial charge in [-0.2, -0.15) is 0 Å². The fourth-order valence-corrected chi connectivity index (χ4v) is 4.03. The van der Waals surface area contributed by atoms with Gasteiger partial charge >= 0.3 is 0 Å². The molecule has 1 fully saturated rings. The number of rotatable bonds is 13. The lowest BCUT2D eigenvalue weighted by Crippen LogP contribution is -2.49.